The van der Waals surface area contributed by atoms with Crippen LogP contribution in [0.3, 0.4) is 0 Å². The van der Waals surface area contributed by atoms with E-state index < -0.39 is 7.05 Å². The maximum Gasteiger partial charge on any atom is 0.376 e. The van der Waals surface area contributed by atoms with Crippen molar-refractivity contribution >= 4 is 40.2 Å². The van der Waals surface area contributed by atoms with Crippen molar-refractivity contribution in [2.75, 3.05) is 18.4 Å². The second-order valence-corrected chi connectivity index (χ2v) is 10.5. The summed E-state index contributed by atoms with van der Waals surface area (Å²) in [5.74, 6) is 1.45. The summed E-state index contributed by atoms with van der Waals surface area (Å²) in [5, 5.41) is 14.9. The molecule has 192 valence electrons. The molecule has 0 radical (unpaired) electrons. The Morgan fingerprint density at radius 2 is 1.92 bits per heavy atom. The number of hydrogen-bond donors (Lipinski definition) is 2. The van der Waals surface area contributed by atoms with Crippen LogP contribution in [0, 0.1) is 0 Å². The van der Waals surface area contributed by atoms with Crippen molar-refractivity contribution in [1.82, 2.24) is 9.38 Å². The van der Waals surface area contributed by atoms with Crippen molar-refractivity contribution in [3.63, 3.8) is 0 Å². The number of nitrogens with zero attached hydrogens (tertiary/aromatic N) is 2. The Hall–Kier alpha value is -3.27. The lowest BCUT2D eigenvalue weighted by Gasteiger charge is -2.21. The van der Waals surface area contributed by atoms with Crippen LogP contribution in [-0.4, -0.2) is 46.6 Å². The van der Waals surface area contributed by atoms with Crippen LogP contribution in [0.5, 0.6) is 11.5 Å². The van der Waals surface area contributed by atoms with Gasteiger partial charge in [0.25, 0.3) is 5.91 Å². The Bertz CT molecular complexity index is 1350. The molecule has 2 N–H and O–H groups in total. The number of benzene rings is 2. The molecule has 1 amide bonds. The van der Waals surface area contributed by atoms with E-state index in [9.17, 15) is 9.82 Å². The Morgan fingerprint density at radius 3 is 2.70 bits per heavy atom. The maximum absolute atomic E-state index is 12.8. The number of hydrogen-bond acceptors (Lipinski definition) is 6. The van der Waals surface area contributed by atoms with Crippen molar-refractivity contribution in [1.29, 1.82) is 0 Å². The normalized spacial score (nSPS) is 16.4. The minimum absolute atomic E-state index is 0.133. The van der Waals surface area contributed by atoms with Crippen LogP contribution in [0.2, 0.25) is 6.82 Å². The third-order valence-electron chi connectivity index (χ3n) is 6.85. The van der Waals surface area contributed by atoms with E-state index in [1.54, 1.807) is 11.3 Å². The smallest absolute Gasteiger partial charge is 0.376 e. The third-order valence-corrected chi connectivity index (χ3v) is 7.70. The van der Waals surface area contributed by atoms with Crippen molar-refractivity contribution in [3.8, 4) is 11.5 Å². The molecule has 3 heterocycles. The first-order chi connectivity index (χ1) is 18.0. The molecule has 0 aliphatic carbocycles. The number of carbonyl (C=O) groups excluding carboxylic acids is 1. The molecular formula is C28H32BN3O4S. The van der Waals surface area contributed by atoms with Gasteiger partial charge in [0.1, 0.15) is 23.8 Å². The fourth-order valence-electron chi connectivity index (χ4n) is 4.76. The summed E-state index contributed by atoms with van der Waals surface area (Å²) in [4.78, 5) is 14.9. The highest BCUT2D eigenvalue weighted by atomic mass is 32.1. The lowest BCUT2D eigenvalue weighted by atomic mass is 9.85. The lowest BCUT2D eigenvalue weighted by molar-refractivity contribution is 0.101. The van der Waals surface area contributed by atoms with Gasteiger partial charge in [-0.3, -0.25) is 4.79 Å². The van der Waals surface area contributed by atoms with E-state index in [0.29, 0.717) is 12.3 Å². The zero-order valence-electron chi connectivity index (χ0n) is 21.2. The molecule has 9 heteroatoms. The van der Waals surface area contributed by atoms with Crippen molar-refractivity contribution in [2.45, 2.75) is 38.8 Å². The number of nitrogens with one attached hydrogen (secondary N) is 1. The van der Waals surface area contributed by atoms with Gasteiger partial charge in [0, 0.05) is 12.7 Å². The van der Waals surface area contributed by atoms with E-state index in [-0.39, 0.29) is 12.0 Å². The van der Waals surface area contributed by atoms with Crippen LogP contribution in [0.1, 0.15) is 35.3 Å². The van der Waals surface area contributed by atoms with E-state index in [1.807, 2.05) is 84.5 Å². The summed E-state index contributed by atoms with van der Waals surface area (Å²) in [6, 6.07) is 19.4. The zero-order chi connectivity index (χ0) is 25.8. The number of thiophene rings is 1. The highest BCUT2D eigenvalue weighted by Gasteiger charge is 2.22. The Kier molecular flexibility index (Phi) is 7.83. The van der Waals surface area contributed by atoms with Crippen molar-refractivity contribution in [2.24, 2.45) is 7.05 Å². The van der Waals surface area contributed by atoms with Crippen LogP contribution in [0.25, 0.3) is 10.2 Å². The second kappa shape index (κ2) is 11.4. The number of rotatable bonds is 8. The van der Waals surface area contributed by atoms with Gasteiger partial charge in [-0.1, -0.05) is 12.1 Å². The average molecular weight is 517 g/mol. The van der Waals surface area contributed by atoms with Crippen molar-refractivity contribution in [3.05, 3.63) is 77.3 Å². The van der Waals surface area contributed by atoms with Crippen LogP contribution in [0.4, 0.5) is 5.69 Å². The molecule has 4 aromatic rings. The average Bonchev–Trinajstić information content (AvgIpc) is 3.39. The minimum atomic E-state index is -0.409. The Morgan fingerprint density at radius 1 is 1.11 bits per heavy atom. The van der Waals surface area contributed by atoms with Crippen LogP contribution in [0.15, 0.2) is 66.0 Å². The van der Waals surface area contributed by atoms with Gasteiger partial charge in [-0.2, -0.15) is 0 Å². The summed E-state index contributed by atoms with van der Waals surface area (Å²) >= 11 is 1.63. The summed E-state index contributed by atoms with van der Waals surface area (Å²) in [6.45, 7) is 3.95. The maximum atomic E-state index is 12.8. The van der Waals surface area contributed by atoms with E-state index in [0.717, 1.165) is 65.3 Å². The van der Waals surface area contributed by atoms with Gasteiger partial charge in [0.05, 0.1) is 16.3 Å². The summed E-state index contributed by atoms with van der Waals surface area (Å²) in [7, 11) is 1.50. The van der Waals surface area contributed by atoms with Crippen molar-refractivity contribution < 1.29 is 19.3 Å². The first kappa shape index (κ1) is 25.4. The quantitative estimate of drug-likeness (QED) is 0.306. The Labute approximate surface area is 221 Å². The number of ether oxygens (including phenoxy) is 2. The van der Waals surface area contributed by atoms with Gasteiger partial charge in [0.2, 0.25) is 0 Å². The molecule has 0 bridgehead atoms. The fourth-order valence-corrected chi connectivity index (χ4v) is 5.60. The summed E-state index contributed by atoms with van der Waals surface area (Å²) < 4.78 is 15.2. The molecule has 37 heavy (non-hydrogen) atoms. The molecule has 1 aliphatic heterocycles. The van der Waals surface area contributed by atoms with E-state index in [4.69, 9.17) is 9.47 Å². The highest BCUT2D eigenvalue weighted by molar-refractivity contribution is 7.17. The number of aromatic nitrogens is 1. The molecule has 0 spiro atoms. The number of carbonyl (C=O) groups is 1. The monoisotopic (exact) mass is 517 g/mol. The number of fused-ring (bicyclic) bond motifs is 1. The molecule has 5 rings (SSSR count). The number of amides is 1. The minimum Gasteiger partial charge on any atom is -0.490 e. The standard InChI is InChI=1S/C28H32BN3O4S/c1-29(34)32-14-4-7-23(12-15-32)36-24-10-8-22(9-11-24)35-19-20-5-3-6-21(17-20)30-28(33)26-18-27-25(31(26)2)13-16-37-27/h3,5-6,8-11,13,16-18,23,34H,4,7,12,14-15,19H2,1-2H3,(H,30,33). The molecular weight excluding hydrogens is 485 g/mol. The number of aryl methyl sites for hydroxylation is 1. The van der Waals surface area contributed by atoms with Crippen LogP contribution in [-0.2, 0) is 13.7 Å². The van der Waals surface area contributed by atoms with Gasteiger partial charge in [0.15, 0.2) is 0 Å². The SMILES string of the molecule is CB(O)N1CCCC(Oc2ccc(OCc3cccc(NC(=O)c4cc5sccc5n4C)c3)cc2)CC1. The first-order valence-electron chi connectivity index (χ1n) is 12.7. The zero-order valence-corrected chi connectivity index (χ0v) is 22.0. The molecule has 1 fully saturated rings. The van der Waals surface area contributed by atoms with Crippen LogP contribution < -0.4 is 14.8 Å². The largest absolute Gasteiger partial charge is 0.490 e. The molecule has 0 saturated carbocycles. The summed E-state index contributed by atoms with van der Waals surface area (Å²) in [6.07, 6.45) is 3.05. The van der Waals surface area contributed by atoms with E-state index in [1.165, 1.54) is 0 Å². The first-order valence-corrected chi connectivity index (χ1v) is 13.6. The molecule has 7 nitrogen and oxygen atoms in total. The van der Waals surface area contributed by atoms with Gasteiger partial charge in [-0.15, -0.1) is 11.3 Å². The van der Waals surface area contributed by atoms with E-state index in [2.05, 4.69) is 10.1 Å². The molecule has 1 aliphatic rings. The van der Waals surface area contributed by atoms with Crippen LogP contribution >= 0.6 is 11.3 Å². The molecule has 2 aromatic heterocycles. The molecule has 1 unspecified atom stereocenters. The fraction of sp³-hybridized carbons (Fsp3) is 0.321. The van der Waals surface area contributed by atoms with E-state index >= 15 is 0 Å². The molecule has 2 aromatic carbocycles. The third kappa shape index (κ3) is 6.18. The van der Waals surface area contributed by atoms with Gasteiger partial charge in [-0.05, 0) is 98.6 Å². The molecule has 1 atom stereocenters. The van der Waals surface area contributed by atoms with Gasteiger partial charge in [-0.25, -0.2) is 0 Å². The predicted molar refractivity (Wildman–Crippen MR) is 150 cm³/mol. The lowest BCUT2D eigenvalue weighted by Crippen LogP contribution is -2.38. The predicted octanol–water partition coefficient (Wildman–Crippen LogP) is 5.41. The second-order valence-electron chi connectivity index (χ2n) is 9.51. The molecule has 1 saturated heterocycles. The Balaban J connectivity index is 1.14. The topological polar surface area (TPSA) is 76.0 Å². The highest BCUT2D eigenvalue weighted by Crippen LogP contribution is 2.26. The van der Waals surface area contributed by atoms with Gasteiger partial charge >= 0.3 is 7.05 Å². The summed E-state index contributed by atoms with van der Waals surface area (Å²) in [5.41, 5.74) is 3.39. The van der Waals surface area contributed by atoms with Gasteiger partial charge < -0.3 is 29.2 Å². The number of anilines is 1.